The van der Waals surface area contributed by atoms with Crippen molar-refractivity contribution in [1.29, 1.82) is 0 Å². The molecule has 0 aromatic heterocycles. The summed E-state index contributed by atoms with van der Waals surface area (Å²) >= 11 is 0. The molecular formula is C17H18F2N2O3S. The number of benzene rings is 2. The summed E-state index contributed by atoms with van der Waals surface area (Å²) in [6.07, 6.45) is 0.902. The highest BCUT2D eigenvalue weighted by Gasteiger charge is 2.23. The lowest BCUT2D eigenvalue weighted by atomic mass is 10.2. The second kappa shape index (κ2) is 7.60. The number of hydrogen-bond donors (Lipinski definition) is 0. The fraction of sp³-hybridized carbons (Fsp3) is 0.235. The number of anilines is 1. The van der Waals surface area contributed by atoms with Gasteiger partial charge in [-0.25, -0.2) is 17.2 Å². The molecular weight excluding hydrogens is 350 g/mol. The molecule has 2 aromatic rings. The van der Waals surface area contributed by atoms with Crippen molar-refractivity contribution in [2.75, 3.05) is 24.2 Å². The fourth-order valence-electron chi connectivity index (χ4n) is 2.23. The van der Waals surface area contributed by atoms with Crippen LogP contribution in [-0.2, 0) is 21.4 Å². The van der Waals surface area contributed by atoms with Gasteiger partial charge in [-0.3, -0.25) is 9.10 Å². The van der Waals surface area contributed by atoms with Gasteiger partial charge in [0.2, 0.25) is 15.9 Å². The zero-order valence-corrected chi connectivity index (χ0v) is 14.6. The molecule has 0 aliphatic heterocycles. The molecule has 134 valence electrons. The third kappa shape index (κ3) is 4.99. The molecule has 8 heteroatoms. The summed E-state index contributed by atoms with van der Waals surface area (Å²) in [6.45, 7) is -0.206. The van der Waals surface area contributed by atoms with Crippen LogP contribution in [0.15, 0.2) is 48.5 Å². The molecule has 0 fully saturated rings. The van der Waals surface area contributed by atoms with E-state index in [0.717, 1.165) is 34.3 Å². The second-order valence-corrected chi connectivity index (χ2v) is 7.51. The molecule has 2 rings (SSSR count). The van der Waals surface area contributed by atoms with E-state index in [4.69, 9.17) is 0 Å². The Morgan fingerprint density at radius 3 is 2.24 bits per heavy atom. The summed E-state index contributed by atoms with van der Waals surface area (Å²) in [5.74, 6) is -2.75. The van der Waals surface area contributed by atoms with E-state index in [0.29, 0.717) is 6.54 Å². The number of likely N-dealkylation sites (N-methyl/N-ethyl adjacent to an activating group) is 1. The van der Waals surface area contributed by atoms with Gasteiger partial charge < -0.3 is 4.90 Å². The topological polar surface area (TPSA) is 57.7 Å². The molecule has 0 saturated heterocycles. The quantitative estimate of drug-likeness (QED) is 0.787. The second-order valence-electron chi connectivity index (χ2n) is 5.60. The van der Waals surface area contributed by atoms with Crippen molar-refractivity contribution in [2.24, 2.45) is 0 Å². The van der Waals surface area contributed by atoms with Crippen LogP contribution in [-0.4, -0.2) is 39.1 Å². The van der Waals surface area contributed by atoms with Crippen molar-refractivity contribution in [3.05, 3.63) is 65.7 Å². The third-order valence-electron chi connectivity index (χ3n) is 3.56. The minimum atomic E-state index is -3.85. The van der Waals surface area contributed by atoms with Gasteiger partial charge in [0.25, 0.3) is 0 Å². The molecule has 0 bridgehead atoms. The van der Waals surface area contributed by atoms with E-state index in [9.17, 15) is 22.0 Å². The molecule has 0 atom stereocenters. The van der Waals surface area contributed by atoms with Crippen molar-refractivity contribution in [3.63, 3.8) is 0 Å². The number of halogens is 2. The highest BCUT2D eigenvalue weighted by Crippen LogP contribution is 2.20. The molecule has 5 nitrogen and oxygen atoms in total. The lowest BCUT2D eigenvalue weighted by molar-refractivity contribution is -0.128. The molecule has 0 spiro atoms. The van der Waals surface area contributed by atoms with Gasteiger partial charge in [0.05, 0.1) is 11.9 Å². The smallest absolute Gasteiger partial charge is 0.243 e. The van der Waals surface area contributed by atoms with Crippen LogP contribution in [0.25, 0.3) is 0 Å². The Morgan fingerprint density at radius 2 is 1.68 bits per heavy atom. The summed E-state index contributed by atoms with van der Waals surface area (Å²) in [5, 5.41) is 0. The third-order valence-corrected chi connectivity index (χ3v) is 4.70. The van der Waals surface area contributed by atoms with Gasteiger partial charge in [0.15, 0.2) is 11.6 Å². The average molecular weight is 368 g/mol. The van der Waals surface area contributed by atoms with Crippen LogP contribution in [0.5, 0.6) is 0 Å². The van der Waals surface area contributed by atoms with Gasteiger partial charge in [0, 0.05) is 19.7 Å². The average Bonchev–Trinajstić information content (AvgIpc) is 2.55. The molecule has 0 unspecified atom stereocenters. The van der Waals surface area contributed by atoms with Gasteiger partial charge in [-0.15, -0.1) is 0 Å². The Bertz CT molecular complexity index is 857. The zero-order chi connectivity index (χ0) is 18.6. The van der Waals surface area contributed by atoms with E-state index < -0.39 is 34.1 Å². The predicted molar refractivity (Wildman–Crippen MR) is 91.5 cm³/mol. The number of hydrogen-bond acceptors (Lipinski definition) is 3. The van der Waals surface area contributed by atoms with Crippen molar-refractivity contribution < 1.29 is 22.0 Å². The fourth-order valence-corrected chi connectivity index (χ4v) is 3.07. The van der Waals surface area contributed by atoms with Crippen molar-refractivity contribution >= 4 is 21.6 Å². The van der Waals surface area contributed by atoms with Crippen molar-refractivity contribution in [3.8, 4) is 0 Å². The van der Waals surface area contributed by atoms with Crippen LogP contribution in [0.2, 0.25) is 0 Å². The van der Waals surface area contributed by atoms with E-state index in [2.05, 4.69) is 0 Å². The summed E-state index contributed by atoms with van der Waals surface area (Å²) in [6, 6.07) is 11.9. The first-order valence-corrected chi connectivity index (χ1v) is 9.24. The highest BCUT2D eigenvalue weighted by atomic mass is 32.2. The number of carbonyl (C=O) groups is 1. The molecule has 2 aromatic carbocycles. The molecule has 0 saturated carbocycles. The van der Waals surface area contributed by atoms with E-state index in [1.54, 1.807) is 7.05 Å². The van der Waals surface area contributed by atoms with Gasteiger partial charge in [-0.2, -0.15) is 0 Å². The number of amides is 1. The van der Waals surface area contributed by atoms with Gasteiger partial charge in [-0.05, 0) is 17.7 Å². The van der Waals surface area contributed by atoms with E-state index in [-0.39, 0.29) is 5.69 Å². The Labute approximate surface area is 145 Å². The first-order chi connectivity index (χ1) is 11.7. The molecule has 0 heterocycles. The number of nitrogens with zero attached hydrogens (tertiary/aromatic N) is 2. The van der Waals surface area contributed by atoms with Crippen molar-refractivity contribution in [1.82, 2.24) is 4.90 Å². The number of carbonyl (C=O) groups excluding carboxylic acids is 1. The van der Waals surface area contributed by atoms with Crippen LogP contribution in [0.3, 0.4) is 0 Å². The first-order valence-electron chi connectivity index (χ1n) is 7.39. The maximum Gasteiger partial charge on any atom is 0.243 e. The van der Waals surface area contributed by atoms with E-state index in [1.807, 2.05) is 30.3 Å². The van der Waals surface area contributed by atoms with E-state index >= 15 is 0 Å². The minimum Gasteiger partial charge on any atom is -0.340 e. The maximum absolute atomic E-state index is 13.4. The Hall–Kier alpha value is -2.48. The molecule has 0 N–H and O–H groups in total. The zero-order valence-electron chi connectivity index (χ0n) is 13.8. The van der Waals surface area contributed by atoms with Crippen LogP contribution in [0, 0.1) is 11.6 Å². The SMILES string of the molecule is CN(Cc1ccccc1)C(=O)CN(c1ccc(F)c(F)c1)S(C)(=O)=O. The monoisotopic (exact) mass is 368 g/mol. The van der Waals surface area contributed by atoms with Crippen LogP contribution in [0.1, 0.15) is 5.56 Å². The van der Waals surface area contributed by atoms with Crippen LogP contribution >= 0.6 is 0 Å². The molecule has 0 radical (unpaired) electrons. The maximum atomic E-state index is 13.4. The Kier molecular flexibility index (Phi) is 5.73. The van der Waals surface area contributed by atoms with Gasteiger partial charge >= 0.3 is 0 Å². The largest absolute Gasteiger partial charge is 0.340 e. The normalized spacial score (nSPS) is 11.2. The summed E-state index contributed by atoms with van der Waals surface area (Å²) < 4.78 is 51.2. The first kappa shape index (κ1) is 18.9. The standard InChI is InChI=1S/C17H18F2N2O3S/c1-20(11-13-6-4-3-5-7-13)17(22)12-21(25(2,23)24)14-8-9-15(18)16(19)10-14/h3-10H,11-12H2,1-2H3. The van der Waals surface area contributed by atoms with Crippen LogP contribution < -0.4 is 4.31 Å². The number of sulfonamides is 1. The Balaban J connectivity index is 2.19. The van der Waals surface area contributed by atoms with Crippen LogP contribution in [0.4, 0.5) is 14.5 Å². The minimum absolute atomic E-state index is 0.108. The van der Waals surface area contributed by atoms with Gasteiger partial charge in [-0.1, -0.05) is 30.3 Å². The molecule has 0 aliphatic rings. The molecule has 25 heavy (non-hydrogen) atoms. The molecule has 1 amide bonds. The predicted octanol–water partition coefficient (Wildman–Crippen LogP) is 2.39. The van der Waals surface area contributed by atoms with Crippen molar-refractivity contribution in [2.45, 2.75) is 6.54 Å². The summed E-state index contributed by atoms with van der Waals surface area (Å²) in [7, 11) is -2.31. The Morgan fingerprint density at radius 1 is 1.04 bits per heavy atom. The van der Waals surface area contributed by atoms with Gasteiger partial charge in [0.1, 0.15) is 6.54 Å². The summed E-state index contributed by atoms with van der Waals surface area (Å²) in [4.78, 5) is 13.8. The number of rotatable bonds is 6. The lowest BCUT2D eigenvalue weighted by Crippen LogP contribution is -2.41. The van der Waals surface area contributed by atoms with E-state index in [1.165, 1.54) is 4.90 Å². The highest BCUT2D eigenvalue weighted by molar-refractivity contribution is 7.92. The molecule has 0 aliphatic carbocycles. The lowest BCUT2D eigenvalue weighted by Gasteiger charge is -2.25. The summed E-state index contributed by atoms with van der Waals surface area (Å²) in [5.41, 5.74) is 0.778.